The van der Waals surface area contributed by atoms with Gasteiger partial charge in [0.15, 0.2) is 0 Å². The summed E-state index contributed by atoms with van der Waals surface area (Å²) in [5.41, 5.74) is 3.75. The van der Waals surface area contributed by atoms with Gasteiger partial charge >= 0.3 is 0 Å². The summed E-state index contributed by atoms with van der Waals surface area (Å²) >= 11 is 5.90. The molecule has 0 atom stereocenters. The van der Waals surface area contributed by atoms with Crippen LogP contribution in [0, 0.1) is 0 Å². The maximum absolute atomic E-state index is 5.90. The van der Waals surface area contributed by atoms with Gasteiger partial charge in [-0.2, -0.15) is 0 Å². The zero-order chi connectivity index (χ0) is 14.2. The molecule has 0 aliphatic carbocycles. The summed E-state index contributed by atoms with van der Waals surface area (Å²) in [4.78, 5) is 0. The van der Waals surface area contributed by atoms with Crippen LogP contribution in [0.5, 0.6) is 0 Å². The second kappa shape index (κ2) is 7.72. The molecule has 0 N–H and O–H groups in total. The van der Waals surface area contributed by atoms with Gasteiger partial charge in [0.2, 0.25) is 0 Å². The molecule has 0 aromatic heterocycles. The van der Waals surface area contributed by atoms with Crippen molar-refractivity contribution in [2.45, 2.75) is 19.3 Å². The Labute approximate surface area is 126 Å². The minimum absolute atomic E-state index is 0.773. The first-order chi connectivity index (χ1) is 9.79. The largest absolute Gasteiger partial charge is 0.103 e. The summed E-state index contributed by atoms with van der Waals surface area (Å²) in [5.74, 6) is 0. The minimum Gasteiger partial charge on any atom is -0.103 e. The maximum Gasteiger partial charge on any atom is 0.0406 e. The Balaban J connectivity index is 1.97. The lowest BCUT2D eigenvalue weighted by Gasteiger charge is -2.03. The van der Waals surface area contributed by atoms with Crippen molar-refractivity contribution in [1.29, 1.82) is 0 Å². The zero-order valence-corrected chi connectivity index (χ0v) is 12.3. The third kappa shape index (κ3) is 4.40. The average Bonchev–Trinajstić information content (AvgIpc) is 2.49. The summed E-state index contributed by atoms with van der Waals surface area (Å²) in [7, 11) is 0. The number of allylic oxidation sites excluding steroid dienone is 3. The summed E-state index contributed by atoms with van der Waals surface area (Å²) in [6.45, 7) is 3.72. The van der Waals surface area contributed by atoms with E-state index >= 15 is 0 Å². The highest BCUT2D eigenvalue weighted by Crippen LogP contribution is 2.22. The average molecular weight is 283 g/mol. The first-order valence-corrected chi connectivity index (χ1v) is 7.28. The molecule has 0 saturated carbocycles. The monoisotopic (exact) mass is 282 g/mol. The van der Waals surface area contributed by atoms with E-state index < -0.39 is 0 Å². The van der Waals surface area contributed by atoms with E-state index in [-0.39, 0.29) is 0 Å². The molecular weight excluding hydrogens is 264 g/mol. The predicted molar refractivity (Wildman–Crippen MR) is 89.2 cm³/mol. The van der Waals surface area contributed by atoms with Crippen LogP contribution in [-0.4, -0.2) is 0 Å². The molecule has 0 unspecified atom stereocenters. The van der Waals surface area contributed by atoms with Crippen LogP contribution in [0.2, 0.25) is 5.02 Å². The zero-order valence-electron chi connectivity index (χ0n) is 11.6. The van der Waals surface area contributed by atoms with Gasteiger partial charge in [-0.05, 0) is 48.1 Å². The van der Waals surface area contributed by atoms with Crippen molar-refractivity contribution in [2.75, 3.05) is 0 Å². The second-order valence-electron chi connectivity index (χ2n) is 4.75. The smallest absolute Gasteiger partial charge is 0.0406 e. The molecule has 20 heavy (non-hydrogen) atoms. The molecule has 0 bridgehead atoms. The van der Waals surface area contributed by atoms with Crippen LogP contribution in [0.3, 0.4) is 0 Å². The number of hydrogen-bond acceptors (Lipinski definition) is 0. The van der Waals surface area contributed by atoms with E-state index in [0.29, 0.717) is 0 Å². The van der Waals surface area contributed by atoms with Crippen LogP contribution < -0.4 is 0 Å². The van der Waals surface area contributed by atoms with Gasteiger partial charge in [-0.15, -0.1) is 6.58 Å². The molecule has 0 radical (unpaired) electrons. The number of hydrogen-bond donors (Lipinski definition) is 0. The Morgan fingerprint density at radius 2 is 1.40 bits per heavy atom. The van der Waals surface area contributed by atoms with Crippen LogP contribution in [0.4, 0.5) is 0 Å². The lowest BCUT2D eigenvalue weighted by Crippen LogP contribution is -1.82. The van der Waals surface area contributed by atoms with Crippen molar-refractivity contribution in [2.24, 2.45) is 0 Å². The van der Waals surface area contributed by atoms with Gasteiger partial charge < -0.3 is 0 Å². The standard InChI is InChI=1S/C19H19Cl/c1-2-3-4-5-6-7-16-8-10-17(11-9-16)18-12-14-19(20)15-13-18/h2,5-6,8-15H,1,3-4,7H2/b6-5-. The maximum atomic E-state index is 5.90. The van der Waals surface area contributed by atoms with E-state index in [1.807, 2.05) is 30.3 Å². The Hall–Kier alpha value is -1.79. The fourth-order valence-corrected chi connectivity index (χ4v) is 2.15. The Bertz CT molecular complexity index is 562. The van der Waals surface area contributed by atoms with Gasteiger partial charge in [-0.25, -0.2) is 0 Å². The van der Waals surface area contributed by atoms with Gasteiger partial charge in [0.05, 0.1) is 0 Å². The quantitative estimate of drug-likeness (QED) is 0.445. The SMILES string of the molecule is C=CCC/C=C\Cc1ccc(-c2ccc(Cl)cc2)cc1. The van der Waals surface area contributed by atoms with Gasteiger partial charge in [0.25, 0.3) is 0 Å². The molecule has 2 aromatic rings. The number of benzene rings is 2. The highest BCUT2D eigenvalue weighted by atomic mass is 35.5. The molecule has 2 rings (SSSR count). The van der Waals surface area contributed by atoms with Gasteiger partial charge in [0.1, 0.15) is 0 Å². The fraction of sp³-hybridized carbons (Fsp3) is 0.158. The minimum atomic E-state index is 0.773. The third-order valence-electron chi connectivity index (χ3n) is 3.19. The molecule has 0 spiro atoms. The highest BCUT2D eigenvalue weighted by Gasteiger charge is 1.97. The fourth-order valence-electron chi connectivity index (χ4n) is 2.03. The first kappa shape index (κ1) is 14.6. The van der Waals surface area contributed by atoms with Crippen LogP contribution in [0.25, 0.3) is 11.1 Å². The van der Waals surface area contributed by atoms with Crippen molar-refractivity contribution in [1.82, 2.24) is 0 Å². The lowest BCUT2D eigenvalue weighted by atomic mass is 10.0. The van der Waals surface area contributed by atoms with Gasteiger partial charge in [-0.3, -0.25) is 0 Å². The van der Waals surface area contributed by atoms with Crippen LogP contribution in [0.15, 0.2) is 73.3 Å². The van der Waals surface area contributed by atoms with Crippen LogP contribution >= 0.6 is 11.6 Å². The molecule has 2 aromatic carbocycles. The van der Waals surface area contributed by atoms with E-state index in [0.717, 1.165) is 24.3 Å². The van der Waals surface area contributed by atoms with Crippen molar-refractivity contribution in [3.8, 4) is 11.1 Å². The topological polar surface area (TPSA) is 0 Å². The van der Waals surface area contributed by atoms with E-state index in [9.17, 15) is 0 Å². The number of rotatable bonds is 6. The molecule has 0 fully saturated rings. The van der Waals surface area contributed by atoms with Crippen LogP contribution in [-0.2, 0) is 6.42 Å². The molecule has 0 nitrogen and oxygen atoms in total. The Morgan fingerprint density at radius 1 is 0.800 bits per heavy atom. The summed E-state index contributed by atoms with van der Waals surface area (Å²) in [6.07, 6.45) is 9.50. The Kier molecular flexibility index (Phi) is 5.64. The third-order valence-corrected chi connectivity index (χ3v) is 3.44. The van der Waals surface area contributed by atoms with E-state index in [4.69, 9.17) is 11.6 Å². The molecule has 102 valence electrons. The predicted octanol–water partition coefficient (Wildman–Crippen LogP) is 6.07. The van der Waals surface area contributed by atoms with Crippen molar-refractivity contribution in [3.63, 3.8) is 0 Å². The van der Waals surface area contributed by atoms with Crippen molar-refractivity contribution < 1.29 is 0 Å². The van der Waals surface area contributed by atoms with Crippen molar-refractivity contribution >= 4 is 11.6 Å². The van der Waals surface area contributed by atoms with Gasteiger partial charge in [-0.1, -0.05) is 66.2 Å². The molecule has 0 aliphatic heterocycles. The lowest BCUT2D eigenvalue weighted by molar-refractivity contribution is 1.04. The molecular formula is C19H19Cl. The first-order valence-electron chi connectivity index (χ1n) is 6.90. The summed E-state index contributed by atoms with van der Waals surface area (Å²) < 4.78 is 0. The van der Waals surface area contributed by atoms with E-state index in [1.54, 1.807) is 0 Å². The second-order valence-corrected chi connectivity index (χ2v) is 5.18. The molecule has 0 saturated heterocycles. The summed E-state index contributed by atoms with van der Waals surface area (Å²) in [6, 6.07) is 16.6. The number of unbranched alkanes of at least 4 members (excludes halogenated alkanes) is 1. The highest BCUT2D eigenvalue weighted by molar-refractivity contribution is 6.30. The van der Waals surface area contributed by atoms with Crippen LogP contribution in [0.1, 0.15) is 18.4 Å². The van der Waals surface area contributed by atoms with Gasteiger partial charge in [0, 0.05) is 5.02 Å². The summed E-state index contributed by atoms with van der Waals surface area (Å²) in [5, 5.41) is 0.773. The molecule has 0 heterocycles. The molecule has 0 aliphatic rings. The normalized spacial score (nSPS) is 10.8. The van der Waals surface area contributed by atoms with E-state index in [2.05, 4.69) is 43.0 Å². The molecule has 0 amide bonds. The molecule has 1 heteroatoms. The number of halogens is 1. The Morgan fingerprint density at radius 3 is 2.00 bits per heavy atom. The van der Waals surface area contributed by atoms with E-state index in [1.165, 1.54) is 16.7 Å². The van der Waals surface area contributed by atoms with Crippen molar-refractivity contribution in [3.05, 3.63) is 83.9 Å².